The van der Waals surface area contributed by atoms with Crippen LogP contribution in [0, 0.1) is 0 Å². The Kier molecular flexibility index (Phi) is 3.64. The van der Waals surface area contributed by atoms with Gasteiger partial charge in [-0.3, -0.25) is 0 Å². The van der Waals surface area contributed by atoms with Crippen LogP contribution < -0.4 is 0 Å². The van der Waals surface area contributed by atoms with Gasteiger partial charge >= 0.3 is 0 Å². The second kappa shape index (κ2) is 4.99. The Morgan fingerprint density at radius 2 is 2.27 bits per heavy atom. The first-order valence-corrected chi connectivity index (χ1v) is 6.41. The van der Waals surface area contributed by atoms with Crippen molar-refractivity contribution in [3.8, 4) is 0 Å². The zero-order valence-electron chi connectivity index (χ0n) is 9.27. The molecule has 0 aliphatic heterocycles. The zero-order valence-corrected chi connectivity index (χ0v) is 10.1. The Bertz CT molecular complexity index is 322. The van der Waals surface area contributed by atoms with E-state index in [0.717, 1.165) is 17.6 Å². The second-order valence-corrected chi connectivity index (χ2v) is 4.67. The van der Waals surface area contributed by atoms with Gasteiger partial charge in [0, 0.05) is 19.6 Å². The smallest absolute Gasteiger partial charge is 0.193 e. The predicted octanol–water partition coefficient (Wildman–Crippen LogP) is 2.17. The molecule has 1 aromatic rings. The molecule has 0 N–H and O–H groups in total. The minimum Gasteiger partial charge on any atom is -0.371 e. The Hall–Kier alpha value is -0.550. The maximum atomic E-state index is 5.28. The number of hydrogen-bond acceptors (Lipinski definition) is 4. The molecule has 1 aliphatic carbocycles. The SMILES string of the molecule is CCOCSc1nnc(C2CCC2)n1C. The summed E-state index contributed by atoms with van der Waals surface area (Å²) < 4.78 is 7.39. The van der Waals surface area contributed by atoms with Crippen molar-refractivity contribution in [3.05, 3.63) is 5.82 Å². The lowest BCUT2D eigenvalue weighted by Gasteiger charge is -2.23. The summed E-state index contributed by atoms with van der Waals surface area (Å²) in [5, 5.41) is 9.40. The van der Waals surface area contributed by atoms with E-state index < -0.39 is 0 Å². The summed E-state index contributed by atoms with van der Waals surface area (Å²) in [6, 6.07) is 0. The van der Waals surface area contributed by atoms with Crippen molar-refractivity contribution >= 4 is 11.8 Å². The zero-order chi connectivity index (χ0) is 10.7. The maximum absolute atomic E-state index is 5.28. The predicted molar refractivity (Wildman–Crippen MR) is 59.9 cm³/mol. The lowest BCUT2D eigenvalue weighted by Crippen LogP contribution is -2.14. The lowest BCUT2D eigenvalue weighted by atomic mass is 9.85. The van der Waals surface area contributed by atoms with E-state index in [9.17, 15) is 0 Å². The highest BCUT2D eigenvalue weighted by molar-refractivity contribution is 7.99. The van der Waals surface area contributed by atoms with Gasteiger partial charge in [0.25, 0.3) is 0 Å². The van der Waals surface area contributed by atoms with E-state index in [1.807, 2.05) is 14.0 Å². The van der Waals surface area contributed by atoms with Gasteiger partial charge in [-0.05, 0) is 19.8 Å². The summed E-state index contributed by atoms with van der Waals surface area (Å²) in [4.78, 5) is 0. The van der Waals surface area contributed by atoms with E-state index >= 15 is 0 Å². The first-order valence-electron chi connectivity index (χ1n) is 5.42. The van der Waals surface area contributed by atoms with Crippen molar-refractivity contribution in [1.82, 2.24) is 14.8 Å². The Labute approximate surface area is 94.4 Å². The average Bonchev–Trinajstić information content (AvgIpc) is 2.48. The molecule has 15 heavy (non-hydrogen) atoms. The average molecular weight is 227 g/mol. The summed E-state index contributed by atoms with van der Waals surface area (Å²) >= 11 is 1.61. The van der Waals surface area contributed by atoms with Crippen LogP contribution in [0.4, 0.5) is 0 Å². The fraction of sp³-hybridized carbons (Fsp3) is 0.800. The molecule has 0 atom stereocenters. The largest absolute Gasteiger partial charge is 0.371 e. The highest BCUT2D eigenvalue weighted by Crippen LogP contribution is 2.35. The van der Waals surface area contributed by atoms with Crippen LogP contribution in [0.5, 0.6) is 0 Å². The van der Waals surface area contributed by atoms with Gasteiger partial charge in [-0.1, -0.05) is 18.2 Å². The quantitative estimate of drug-likeness (QED) is 0.439. The monoisotopic (exact) mass is 227 g/mol. The van der Waals surface area contributed by atoms with E-state index in [4.69, 9.17) is 4.74 Å². The van der Waals surface area contributed by atoms with Gasteiger partial charge in [-0.15, -0.1) is 10.2 Å². The molecule has 0 radical (unpaired) electrons. The van der Waals surface area contributed by atoms with Gasteiger partial charge < -0.3 is 9.30 Å². The molecule has 0 bridgehead atoms. The van der Waals surface area contributed by atoms with Gasteiger partial charge in [0.15, 0.2) is 5.16 Å². The summed E-state index contributed by atoms with van der Waals surface area (Å²) in [5.74, 6) is 2.44. The number of thioether (sulfide) groups is 1. The summed E-state index contributed by atoms with van der Waals surface area (Å²) in [6.07, 6.45) is 3.86. The van der Waals surface area contributed by atoms with E-state index in [1.165, 1.54) is 19.3 Å². The molecule has 0 unspecified atom stereocenters. The van der Waals surface area contributed by atoms with E-state index in [1.54, 1.807) is 11.8 Å². The Morgan fingerprint density at radius 3 is 2.87 bits per heavy atom. The molecular formula is C10H17N3OS. The van der Waals surface area contributed by atoms with Crippen LogP contribution in [0.25, 0.3) is 0 Å². The van der Waals surface area contributed by atoms with Crippen molar-refractivity contribution < 1.29 is 4.74 Å². The third-order valence-corrected chi connectivity index (χ3v) is 3.71. The fourth-order valence-corrected chi connectivity index (χ4v) is 2.39. The Balaban J connectivity index is 1.96. The Morgan fingerprint density at radius 1 is 1.47 bits per heavy atom. The molecule has 0 spiro atoms. The highest BCUT2D eigenvalue weighted by Gasteiger charge is 2.25. The standard InChI is InChI=1S/C10H17N3OS/c1-3-14-7-15-10-12-11-9(13(10)2)8-5-4-6-8/h8H,3-7H2,1-2H3. The van der Waals surface area contributed by atoms with Gasteiger partial charge in [0.2, 0.25) is 0 Å². The summed E-state index contributed by atoms with van der Waals surface area (Å²) in [6.45, 7) is 2.75. The minimum atomic E-state index is 0.643. The van der Waals surface area contributed by atoms with Crippen molar-refractivity contribution in [3.63, 3.8) is 0 Å². The molecular weight excluding hydrogens is 210 g/mol. The minimum absolute atomic E-state index is 0.643. The molecule has 0 aromatic carbocycles. The number of hydrogen-bond donors (Lipinski definition) is 0. The molecule has 0 amide bonds. The third kappa shape index (κ3) is 2.34. The number of aromatic nitrogens is 3. The second-order valence-electron chi connectivity index (χ2n) is 3.78. The molecule has 1 aromatic heterocycles. The van der Waals surface area contributed by atoms with Crippen LogP contribution in [-0.4, -0.2) is 27.3 Å². The molecule has 2 rings (SSSR count). The van der Waals surface area contributed by atoms with Gasteiger partial charge in [0.1, 0.15) is 5.82 Å². The van der Waals surface area contributed by atoms with Crippen LogP contribution >= 0.6 is 11.8 Å². The molecule has 4 nitrogen and oxygen atoms in total. The van der Waals surface area contributed by atoms with Crippen LogP contribution in [0.15, 0.2) is 5.16 Å². The van der Waals surface area contributed by atoms with Crippen LogP contribution in [0.1, 0.15) is 37.9 Å². The van der Waals surface area contributed by atoms with Crippen molar-refractivity contribution in [2.75, 3.05) is 12.5 Å². The van der Waals surface area contributed by atoms with Gasteiger partial charge in [-0.2, -0.15) is 0 Å². The highest BCUT2D eigenvalue weighted by atomic mass is 32.2. The maximum Gasteiger partial charge on any atom is 0.193 e. The molecule has 1 aliphatic rings. The normalized spacial score (nSPS) is 16.7. The molecule has 5 heteroatoms. The fourth-order valence-electron chi connectivity index (χ4n) is 1.65. The summed E-state index contributed by atoms with van der Waals surface area (Å²) in [5.41, 5.74) is 0. The first kappa shape index (κ1) is 11.0. The topological polar surface area (TPSA) is 39.9 Å². The van der Waals surface area contributed by atoms with E-state index in [0.29, 0.717) is 11.9 Å². The van der Waals surface area contributed by atoms with Gasteiger partial charge in [0.05, 0.1) is 5.94 Å². The van der Waals surface area contributed by atoms with E-state index in [2.05, 4.69) is 14.8 Å². The molecule has 84 valence electrons. The first-order chi connectivity index (χ1) is 7.33. The summed E-state index contributed by atoms with van der Waals surface area (Å²) in [7, 11) is 2.04. The molecule has 0 saturated heterocycles. The van der Waals surface area contributed by atoms with Gasteiger partial charge in [-0.25, -0.2) is 0 Å². The van der Waals surface area contributed by atoms with E-state index in [-0.39, 0.29) is 0 Å². The molecule has 1 saturated carbocycles. The lowest BCUT2D eigenvalue weighted by molar-refractivity contribution is 0.199. The molecule has 1 heterocycles. The van der Waals surface area contributed by atoms with Crippen molar-refractivity contribution in [1.29, 1.82) is 0 Å². The number of ether oxygens (including phenoxy) is 1. The third-order valence-electron chi connectivity index (χ3n) is 2.81. The van der Waals surface area contributed by atoms with Crippen molar-refractivity contribution in [2.45, 2.75) is 37.3 Å². The number of rotatable bonds is 5. The van der Waals surface area contributed by atoms with Crippen molar-refractivity contribution in [2.24, 2.45) is 7.05 Å². The van der Waals surface area contributed by atoms with Crippen LogP contribution in [0.3, 0.4) is 0 Å². The van der Waals surface area contributed by atoms with Crippen LogP contribution in [-0.2, 0) is 11.8 Å². The van der Waals surface area contributed by atoms with Crippen LogP contribution in [0.2, 0.25) is 0 Å². The number of nitrogens with zero attached hydrogens (tertiary/aromatic N) is 3. The molecule has 1 fully saturated rings.